The Balaban J connectivity index is 0.000000161. The van der Waals surface area contributed by atoms with Crippen molar-refractivity contribution < 1.29 is 4.79 Å². The first-order chi connectivity index (χ1) is 22.6. The van der Waals surface area contributed by atoms with E-state index in [9.17, 15) is 4.79 Å². The summed E-state index contributed by atoms with van der Waals surface area (Å²) in [7, 11) is 0. The van der Waals surface area contributed by atoms with Gasteiger partial charge in [-0.1, -0.05) is 24.3 Å². The molecule has 0 unspecified atom stereocenters. The molecular weight excluding hydrogens is 616 g/mol. The zero-order chi connectivity index (χ0) is 31.5. The molecule has 6 aromatic rings. The predicted molar refractivity (Wildman–Crippen MR) is 184 cm³/mol. The number of nitrogens with zero attached hydrogens (tertiary/aromatic N) is 8. The molecule has 4 heterocycles. The smallest absolute Gasteiger partial charge is 0.187 e. The molecule has 234 valence electrons. The molecule has 4 aromatic heterocycles. The van der Waals surface area contributed by atoms with E-state index in [0.29, 0.717) is 40.5 Å². The van der Waals surface area contributed by atoms with Gasteiger partial charge in [0, 0.05) is 41.7 Å². The molecule has 2 fully saturated rings. The quantitative estimate of drug-likeness (QED) is 0.0936. The maximum Gasteiger partial charge on any atom is 0.187 e. The molecule has 2 aliphatic carbocycles. The molecule has 14 heteroatoms. The first kappa shape index (κ1) is 30.8. The lowest BCUT2D eigenvalue weighted by Gasteiger charge is -2.11. The van der Waals surface area contributed by atoms with Crippen molar-refractivity contribution in [2.24, 2.45) is 0 Å². The monoisotopic (exact) mass is 644 g/mol. The average Bonchev–Trinajstić information content (AvgIpc) is 3.99. The molecule has 47 heavy (non-hydrogen) atoms. The molecule has 4 N–H and O–H groups in total. The van der Waals surface area contributed by atoms with Crippen LogP contribution >= 0.6 is 12.4 Å². The number of aldehydes is 1. The first-order valence-corrected chi connectivity index (χ1v) is 14.8. The Kier molecular flexibility index (Phi) is 8.82. The fraction of sp³-hybridized carbons (Fsp3) is 0.182. The third-order valence-electron chi connectivity index (χ3n) is 7.38. The van der Waals surface area contributed by atoms with Crippen molar-refractivity contribution in [2.45, 2.75) is 37.8 Å². The lowest BCUT2D eigenvalue weighted by molar-refractivity contribution is 0.112. The molecule has 2 aromatic carbocycles. The molecular formula is C33H29ClN12O. The number of anilines is 6. The molecule has 0 aliphatic heterocycles. The number of benzene rings is 2. The normalized spacial score (nSPS) is 13.3. The molecule has 0 atom stereocenters. The topological polar surface area (TPSA) is 134 Å². The van der Waals surface area contributed by atoms with Crippen LogP contribution in [0.15, 0.2) is 79.1 Å². The van der Waals surface area contributed by atoms with E-state index in [2.05, 4.69) is 51.1 Å². The van der Waals surface area contributed by atoms with E-state index >= 15 is 0 Å². The number of carbonyl (C=O) groups is 1. The number of carbonyl (C=O) groups excluding carboxylic acids is 1. The lowest BCUT2D eigenvalue weighted by atomic mass is 10.3. The fourth-order valence-electron chi connectivity index (χ4n) is 4.72. The number of hydrogen-bond donors (Lipinski definition) is 4. The van der Waals surface area contributed by atoms with Gasteiger partial charge in [-0.25, -0.2) is 19.7 Å². The van der Waals surface area contributed by atoms with Crippen LogP contribution in [0.25, 0.3) is 21.0 Å². The highest BCUT2D eigenvalue weighted by atomic mass is 35.5. The number of nitrogens with one attached hydrogen (secondary N) is 4. The van der Waals surface area contributed by atoms with Crippen molar-refractivity contribution in [2.75, 3.05) is 21.3 Å². The molecule has 2 aliphatic rings. The standard InChI is InChI=1S/C17H14N6O.C16H14N6.ClH/c1-18-12-2-4-13(5-3-12)20-15-8-16(21-14-6-7-14)23-17(22-15)11(10-24)9-19-23;1-17-11-2-4-12(5-3-11)19-14-10-16(20-13-6-7-13)22-15(21-14)8-9-18-22;/h2-5,8-10,14,21H,6-7H2,(H,20,22);2-5,8-10,13,20H,6-7H2,(H,19,21);1H. The molecule has 0 spiro atoms. The Labute approximate surface area is 276 Å². The Morgan fingerprint density at radius 2 is 1.26 bits per heavy atom. The van der Waals surface area contributed by atoms with Gasteiger partial charge in [0.05, 0.1) is 31.1 Å². The molecule has 0 radical (unpaired) electrons. The second kappa shape index (κ2) is 13.4. The summed E-state index contributed by atoms with van der Waals surface area (Å²) in [6.45, 7) is 14.0. The van der Waals surface area contributed by atoms with E-state index in [1.807, 2.05) is 47.0 Å². The SMILES string of the molecule is Cl.[C-]#[N+]c1ccc(Nc2cc(NC3CC3)n3ncc(C=O)c3n2)cc1.[C-]#[N+]c1ccc(Nc2cc(NC3CC3)n3nccc3n2)cc1. The zero-order valence-corrected chi connectivity index (χ0v) is 25.8. The van der Waals surface area contributed by atoms with Crippen LogP contribution in [0.4, 0.5) is 46.0 Å². The minimum atomic E-state index is 0. The third kappa shape index (κ3) is 7.22. The predicted octanol–water partition coefficient (Wildman–Crippen LogP) is 7.43. The minimum absolute atomic E-state index is 0. The van der Waals surface area contributed by atoms with Gasteiger partial charge >= 0.3 is 0 Å². The van der Waals surface area contributed by atoms with Crippen molar-refractivity contribution in [1.29, 1.82) is 0 Å². The molecule has 0 amide bonds. The van der Waals surface area contributed by atoms with Gasteiger partial charge in [0.25, 0.3) is 0 Å². The van der Waals surface area contributed by atoms with Gasteiger partial charge < -0.3 is 21.3 Å². The largest absolute Gasteiger partial charge is 0.367 e. The maximum atomic E-state index is 11.2. The van der Waals surface area contributed by atoms with Crippen LogP contribution in [0.3, 0.4) is 0 Å². The van der Waals surface area contributed by atoms with Crippen LogP contribution in [0.5, 0.6) is 0 Å². The molecule has 0 saturated heterocycles. The number of rotatable bonds is 9. The summed E-state index contributed by atoms with van der Waals surface area (Å²) in [6, 6.07) is 21.2. The van der Waals surface area contributed by atoms with E-state index in [4.69, 9.17) is 13.1 Å². The van der Waals surface area contributed by atoms with Crippen LogP contribution in [0.1, 0.15) is 36.0 Å². The highest BCUT2D eigenvalue weighted by Gasteiger charge is 2.24. The highest BCUT2D eigenvalue weighted by Crippen LogP contribution is 2.29. The summed E-state index contributed by atoms with van der Waals surface area (Å²) < 4.78 is 3.46. The Bertz CT molecular complexity index is 2120. The van der Waals surface area contributed by atoms with Crippen molar-refractivity contribution in [3.05, 3.63) is 108 Å². The van der Waals surface area contributed by atoms with Crippen molar-refractivity contribution >= 4 is 76.0 Å². The van der Waals surface area contributed by atoms with Gasteiger partial charge in [-0.15, -0.1) is 12.4 Å². The fourth-order valence-corrected chi connectivity index (χ4v) is 4.72. The van der Waals surface area contributed by atoms with Gasteiger partial charge in [0.1, 0.15) is 23.3 Å². The van der Waals surface area contributed by atoms with E-state index in [1.54, 1.807) is 35.0 Å². The van der Waals surface area contributed by atoms with Crippen molar-refractivity contribution in [3.63, 3.8) is 0 Å². The van der Waals surface area contributed by atoms with Gasteiger partial charge in [-0.05, 0) is 49.9 Å². The van der Waals surface area contributed by atoms with Crippen LogP contribution in [-0.2, 0) is 0 Å². The van der Waals surface area contributed by atoms with Crippen LogP contribution in [0.2, 0.25) is 0 Å². The van der Waals surface area contributed by atoms with E-state index < -0.39 is 0 Å². The van der Waals surface area contributed by atoms with E-state index in [-0.39, 0.29) is 12.4 Å². The van der Waals surface area contributed by atoms with Gasteiger partial charge in [0.2, 0.25) is 0 Å². The summed E-state index contributed by atoms with van der Waals surface area (Å²) in [4.78, 5) is 27.0. The van der Waals surface area contributed by atoms with Crippen LogP contribution < -0.4 is 21.3 Å². The molecule has 8 rings (SSSR count). The Morgan fingerprint density at radius 1 is 0.723 bits per heavy atom. The lowest BCUT2D eigenvalue weighted by Crippen LogP contribution is -2.09. The second-order valence-electron chi connectivity index (χ2n) is 11.0. The zero-order valence-electron chi connectivity index (χ0n) is 25.0. The number of hydrogen-bond acceptors (Lipinski definition) is 9. The Morgan fingerprint density at radius 3 is 1.77 bits per heavy atom. The number of aromatic nitrogens is 6. The van der Waals surface area contributed by atoms with Gasteiger partial charge in [-0.2, -0.15) is 19.2 Å². The summed E-state index contributed by atoms with van der Waals surface area (Å²) >= 11 is 0. The summed E-state index contributed by atoms with van der Waals surface area (Å²) in [5.74, 6) is 3.12. The van der Waals surface area contributed by atoms with Crippen LogP contribution in [-0.4, -0.2) is 47.6 Å². The van der Waals surface area contributed by atoms with Gasteiger partial charge in [-0.3, -0.25) is 4.79 Å². The summed E-state index contributed by atoms with van der Waals surface area (Å²) in [6.07, 6.45) is 8.68. The van der Waals surface area contributed by atoms with E-state index in [1.165, 1.54) is 19.0 Å². The third-order valence-corrected chi connectivity index (χ3v) is 7.38. The van der Waals surface area contributed by atoms with Crippen molar-refractivity contribution in [3.8, 4) is 0 Å². The Hall–Kier alpha value is -6.18. The first-order valence-electron chi connectivity index (χ1n) is 14.8. The number of halogens is 1. The summed E-state index contributed by atoms with van der Waals surface area (Å²) in [5.41, 5.74) is 4.69. The summed E-state index contributed by atoms with van der Waals surface area (Å²) in [5, 5.41) is 21.9. The van der Waals surface area contributed by atoms with Crippen LogP contribution in [0, 0.1) is 13.1 Å². The highest BCUT2D eigenvalue weighted by molar-refractivity contribution is 5.85. The average molecular weight is 645 g/mol. The van der Waals surface area contributed by atoms with Crippen molar-refractivity contribution in [1.82, 2.24) is 29.2 Å². The molecule has 2 saturated carbocycles. The molecule has 13 nitrogen and oxygen atoms in total. The van der Waals surface area contributed by atoms with E-state index in [0.717, 1.165) is 53.6 Å². The maximum absolute atomic E-state index is 11.2. The minimum Gasteiger partial charge on any atom is -0.367 e. The van der Waals surface area contributed by atoms with Gasteiger partial charge in [0.15, 0.2) is 29.0 Å². The second-order valence-corrected chi connectivity index (χ2v) is 11.0. The molecule has 0 bridgehead atoms. The number of fused-ring (bicyclic) bond motifs is 2.